The molecule has 30 heavy (non-hydrogen) atoms. The van der Waals surface area contributed by atoms with Crippen molar-refractivity contribution in [1.29, 1.82) is 0 Å². The third kappa shape index (κ3) is 4.06. The Morgan fingerprint density at radius 2 is 1.97 bits per heavy atom. The molecule has 1 fully saturated rings. The van der Waals surface area contributed by atoms with E-state index < -0.39 is 6.23 Å². The fourth-order valence-electron chi connectivity index (χ4n) is 3.70. The molecule has 1 amide bonds. The van der Waals surface area contributed by atoms with Gasteiger partial charge in [0.25, 0.3) is 5.91 Å². The molecule has 1 aliphatic heterocycles. The minimum absolute atomic E-state index is 0.163. The molecule has 8 nitrogen and oxygen atoms in total. The first-order valence-electron chi connectivity index (χ1n) is 9.78. The largest absolute Gasteiger partial charge is 0.378 e. The number of nitrogens with two attached hydrogens (primary N) is 1. The van der Waals surface area contributed by atoms with Gasteiger partial charge in [-0.25, -0.2) is 0 Å². The monoisotopic (exact) mass is 408 g/mol. The van der Waals surface area contributed by atoms with Gasteiger partial charge in [-0.2, -0.15) is 0 Å². The van der Waals surface area contributed by atoms with Crippen molar-refractivity contribution in [3.8, 4) is 0 Å². The summed E-state index contributed by atoms with van der Waals surface area (Å²) in [4.78, 5) is 29.7. The topological polar surface area (TPSA) is 121 Å². The number of carbonyl (C=O) groups excluding carboxylic acids is 1. The number of nitrogens with one attached hydrogen (secondary N) is 2. The minimum Gasteiger partial charge on any atom is -0.378 e. The smallest absolute Gasteiger partial charge is 0.257 e. The van der Waals surface area contributed by atoms with Crippen LogP contribution in [0.15, 0.2) is 47.3 Å². The van der Waals surface area contributed by atoms with Gasteiger partial charge in [-0.3, -0.25) is 9.59 Å². The second kappa shape index (κ2) is 8.27. The number of benzene rings is 2. The van der Waals surface area contributed by atoms with E-state index in [0.29, 0.717) is 48.6 Å². The second-order valence-electron chi connectivity index (χ2n) is 7.35. The highest BCUT2D eigenvalue weighted by Crippen LogP contribution is 2.27. The molecule has 3 aromatic rings. The molecule has 8 heteroatoms. The molecule has 1 aliphatic rings. The number of pyridine rings is 1. The zero-order valence-corrected chi connectivity index (χ0v) is 16.6. The van der Waals surface area contributed by atoms with Crippen molar-refractivity contribution < 1.29 is 14.6 Å². The molecule has 0 radical (unpaired) electrons. The molecular weight excluding hydrogens is 384 g/mol. The number of fused-ring (bicyclic) bond motifs is 1. The van der Waals surface area contributed by atoms with E-state index in [1.54, 1.807) is 30.3 Å². The maximum Gasteiger partial charge on any atom is 0.257 e. The molecule has 5 N–H and O–H groups in total. The lowest BCUT2D eigenvalue weighted by Crippen LogP contribution is -2.37. The van der Waals surface area contributed by atoms with E-state index in [1.165, 1.54) is 6.07 Å². The number of hydrogen-bond acceptors (Lipinski definition) is 6. The number of aliphatic hydroxyl groups excluding tert-OH is 1. The second-order valence-corrected chi connectivity index (χ2v) is 7.35. The number of aliphatic hydroxyl groups is 1. The van der Waals surface area contributed by atoms with Gasteiger partial charge in [-0.15, -0.1) is 0 Å². The van der Waals surface area contributed by atoms with E-state index >= 15 is 0 Å². The van der Waals surface area contributed by atoms with E-state index in [0.717, 1.165) is 16.6 Å². The third-order valence-electron chi connectivity index (χ3n) is 5.27. The first kappa shape index (κ1) is 20.1. The number of aromatic amines is 1. The molecule has 2 aromatic carbocycles. The molecule has 0 bridgehead atoms. The quantitative estimate of drug-likeness (QED) is 0.489. The highest BCUT2D eigenvalue weighted by Gasteiger charge is 2.20. The van der Waals surface area contributed by atoms with Crippen molar-refractivity contribution in [2.75, 3.05) is 36.5 Å². The van der Waals surface area contributed by atoms with Gasteiger partial charge in [-0.1, -0.05) is 6.07 Å². The number of nitrogens with zero attached hydrogens (tertiary/aromatic N) is 1. The average molecular weight is 408 g/mol. The van der Waals surface area contributed by atoms with Crippen molar-refractivity contribution in [1.82, 2.24) is 4.98 Å². The summed E-state index contributed by atoms with van der Waals surface area (Å²) in [6.07, 6.45) is -1.17. The Morgan fingerprint density at radius 3 is 2.70 bits per heavy atom. The molecule has 1 atom stereocenters. The highest BCUT2D eigenvalue weighted by atomic mass is 16.5. The number of amides is 1. The standard InChI is InChI=1S/C22H24N4O4/c1-13-10-20(27)25-18-4-3-15(12-16(13)18)24-22(29)17-11-14(21(23)28)2-5-19(17)26-6-8-30-9-7-26/h2-5,10-12,21,28H,6-9,23H2,1H3,(H,24,29)(H,25,27). The maximum atomic E-state index is 13.2. The lowest BCUT2D eigenvalue weighted by Gasteiger charge is -2.30. The Morgan fingerprint density at radius 1 is 1.20 bits per heavy atom. The van der Waals surface area contributed by atoms with Crippen LogP contribution in [0.1, 0.15) is 27.7 Å². The molecule has 0 aliphatic carbocycles. The number of ether oxygens (including phenoxy) is 1. The molecule has 0 saturated carbocycles. The molecule has 0 spiro atoms. The first-order valence-corrected chi connectivity index (χ1v) is 9.78. The number of hydrogen-bond donors (Lipinski definition) is 4. The molecule has 4 rings (SSSR count). The summed E-state index contributed by atoms with van der Waals surface area (Å²) in [6, 6.07) is 12.0. The van der Waals surface area contributed by atoms with E-state index in [9.17, 15) is 14.7 Å². The van der Waals surface area contributed by atoms with Crippen LogP contribution in [0.3, 0.4) is 0 Å². The Labute approximate surface area is 173 Å². The van der Waals surface area contributed by atoms with Gasteiger partial charge < -0.3 is 30.8 Å². The summed E-state index contributed by atoms with van der Waals surface area (Å²) >= 11 is 0. The summed E-state index contributed by atoms with van der Waals surface area (Å²) in [5.74, 6) is -0.305. The van der Waals surface area contributed by atoms with Gasteiger partial charge in [0.1, 0.15) is 6.23 Å². The summed E-state index contributed by atoms with van der Waals surface area (Å²) in [5, 5.41) is 13.6. The van der Waals surface area contributed by atoms with Crippen LogP contribution in [-0.4, -0.2) is 42.3 Å². The van der Waals surface area contributed by atoms with Gasteiger partial charge >= 0.3 is 0 Å². The lowest BCUT2D eigenvalue weighted by atomic mass is 10.0. The van der Waals surface area contributed by atoms with Crippen LogP contribution in [0.4, 0.5) is 11.4 Å². The summed E-state index contributed by atoms with van der Waals surface area (Å²) < 4.78 is 5.41. The summed E-state index contributed by atoms with van der Waals surface area (Å²) in [6.45, 7) is 4.38. The Balaban J connectivity index is 1.69. The van der Waals surface area contributed by atoms with Gasteiger partial charge in [0.2, 0.25) is 5.56 Å². The van der Waals surface area contributed by atoms with Crippen LogP contribution in [0.25, 0.3) is 10.9 Å². The van der Waals surface area contributed by atoms with E-state index in [4.69, 9.17) is 10.5 Å². The van der Waals surface area contributed by atoms with Crippen LogP contribution in [0.2, 0.25) is 0 Å². The third-order valence-corrected chi connectivity index (χ3v) is 5.27. The van der Waals surface area contributed by atoms with E-state index in [2.05, 4.69) is 15.2 Å². The number of aryl methyl sites for hydroxylation is 1. The molecule has 1 unspecified atom stereocenters. The number of carbonyl (C=O) groups is 1. The maximum absolute atomic E-state index is 13.2. The van der Waals surface area contributed by atoms with Gasteiger partial charge in [0.15, 0.2) is 0 Å². The molecular formula is C22H24N4O4. The fraction of sp³-hybridized carbons (Fsp3) is 0.273. The minimum atomic E-state index is -1.17. The zero-order chi connectivity index (χ0) is 21.3. The van der Waals surface area contributed by atoms with Crippen LogP contribution in [0, 0.1) is 6.92 Å². The fourth-order valence-corrected chi connectivity index (χ4v) is 3.70. The summed E-state index contributed by atoms with van der Waals surface area (Å²) in [7, 11) is 0. The predicted molar refractivity (Wildman–Crippen MR) is 116 cm³/mol. The first-order chi connectivity index (χ1) is 14.4. The Bertz CT molecular complexity index is 1150. The van der Waals surface area contributed by atoms with Crippen molar-refractivity contribution in [3.05, 3.63) is 69.5 Å². The van der Waals surface area contributed by atoms with Crippen LogP contribution >= 0.6 is 0 Å². The highest BCUT2D eigenvalue weighted by molar-refractivity contribution is 6.09. The number of aromatic nitrogens is 1. The van der Waals surface area contributed by atoms with Crippen LogP contribution in [-0.2, 0) is 4.74 Å². The molecule has 2 heterocycles. The molecule has 156 valence electrons. The Kier molecular flexibility index (Phi) is 5.54. The average Bonchev–Trinajstić information content (AvgIpc) is 2.74. The molecule has 1 saturated heterocycles. The predicted octanol–water partition coefficient (Wildman–Crippen LogP) is 1.88. The lowest BCUT2D eigenvalue weighted by molar-refractivity contribution is 0.102. The van der Waals surface area contributed by atoms with E-state index in [1.807, 2.05) is 13.0 Å². The normalized spacial score (nSPS) is 15.2. The van der Waals surface area contributed by atoms with Crippen molar-refractivity contribution in [2.45, 2.75) is 13.2 Å². The van der Waals surface area contributed by atoms with Crippen LogP contribution in [0.5, 0.6) is 0 Å². The number of H-pyrrole nitrogens is 1. The van der Waals surface area contributed by atoms with E-state index in [-0.39, 0.29) is 11.5 Å². The Hall–Kier alpha value is -3.20. The van der Waals surface area contributed by atoms with Gasteiger partial charge in [-0.05, 0) is 48.4 Å². The SMILES string of the molecule is Cc1cc(=O)[nH]c2ccc(NC(=O)c3cc(C(N)O)ccc3N3CCOCC3)cc12. The van der Waals surface area contributed by atoms with Crippen molar-refractivity contribution in [3.63, 3.8) is 0 Å². The zero-order valence-electron chi connectivity index (χ0n) is 16.6. The summed E-state index contributed by atoms with van der Waals surface area (Å²) in [5.41, 5.74) is 9.25. The number of morpholine rings is 1. The number of anilines is 2. The molecule has 1 aromatic heterocycles. The number of rotatable bonds is 4. The van der Waals surface area contributed by atoms with Gasteiger partial charge in [0.05, 0.1) is 18.8 Å². The van der Waals surface area contributed by atoms with Crippen molar-refractivity contribution >= 4 is 28.2 Å². The van der Waals surface area contributed by atoms with Crippen LogP contribution < -0.4 is 21.5 Å². The van der Waals surface area contributed by atoms with Gasteiger partial charge in [0, 0.05) is 41.4 Å². The van der Waals surface area contributed by atoms with Crippen molar-refractivity contribution in [2.24, 2.45) is 5.73 Å².